The van der Waals surface area contributed by atoms with E-state index < -0.39 is 5.97 Å². The molecule has 0 radical (unpaired) electrons. The molecule has 0 fully saturated rings. The van der Waals surface area contributed by atoms with Crippen LogP contribution in [0.5, 0.6) is 0 Å². The fraction of sp³-hybridized carbons (Fsp3) is 0.0435. The van der Waals surface area contributed by atoms with Gasteiger partial charge in [-0.15, -0.1) is 0 Å². The second-order valence-electron chi connectivity index (χ2n) is 6.51. The molecule has 2 N–H and O–H groups in total. The number of benzene rings is 3. The van der Waals surface area contributed by atoms with Crippen molar-refractivity contribution in [3.8, 4) is 11.1 Å². The molecule has 1 aromatic heterocycles. The lowest BCUT2D eigenvalue weighted by atomic mass is 10.1. The van der Waals surface area contributed by atoms with E-state index in [4.69, 9.17) is 5.11 Å². The van der Waals surface area contributed by atoms with E-state index >= 15 is 0 Å². The summed E-state index contributed by atoms with van der Waals surface area (Å²) < 4.78 is 13.1. The summed E-state index contributed by atoms with van der Waals surface area (Å²) in [5.41, 5.74) is 5.66. The van der Waals surface area contributed by atoms with Gasteiger partial charge in [-0.2, -0.15) is 0 Å². The second kappa shape index (κ2) is 7.48. The van der Waals surface area contributed by atoms with Crippen LogP contribution < -0.4 is 0 Å². The summed E-state index contributed by atoms with van der Waals surface area (Å²) >= 11 is 0. The first-order valence-electron chi connectivity index (χ1n) is 8.81. The van der Waals surface area contributed by atoms with E-state index in [-0.39, 0.29) is 5.82 Å². The van der Waals surface area contributed by atoms with Crippen molar-refractivity contribution in [2.75, 3.05) is 0 Å². The van der Waals surface area contributed by atoms with E-state index in [0.29, 0.717) is 6.42 Å². The number of hydrogen-bond acceptors (Lipinski definition) is 2. The number of aromatic nitrogens is 2. The number of H-pyrrole nitrogens is 1. The molecule has 0 bridgehead atoms. The van der Waals surface area contributed by atoms with Gasteiger partial charge in [0.1, 0.15) is 11.6 Å². The minimum absolute atomic E-state index is 0.252. The molecule has 0 spiro atoms. The van der Waals surface area contributed by atoms with Crippen molar-refractivity contribution < 1.29 is 14.3 Å². The summed E-state index contributed by atoms with van der Waals surface area (Å²) in [4.78, 5) is 18.6. The van der Waals surface area contributed by atoms with Crippen LogP contribution in [0.2, 0.25) is 0 Å². The van der Waals surface area contributed by atoms with Gasteiger partial charge in [-0.25, -0.2) is 14.2 Å². The van der Waals surface area contributed by atoms with Crippen molar-refractivity contribution in [1.82, 2.24) is 9.97 Å². The SMILES string of the molecule is O=C(O)/C=C/c1ccc(Cc2nc3ccc(-c4ccc(F)cc4)cc3[nH]2)cc1. The number of aromatic amines is 1. The van der Waals surface area contributed by atoms with Crippen LogP contribution in [0.15, 0.2) is 72.8 Å². The molecular formula is C23H17FN2O2. The van der Waals surface area contributed by atoms with Crippen molar-refractivity contribution in [3.05, 3.63) is 95.6 Å². The number of carboxylic acids is 1. The van der Waals surface area contributed by atoms with E-state index in [0.717, 1.165) is 45.2 Å². The van der Waals surface area contributed by atoms with Gasteiger partial charge in [0, 0.05) is 12.5 Å². The van der Waals surface area contributed by atoms with Gasteiger partial charge in [0.05, 0.1) is 11.0 Å². The highest BCUT2D eigenvalue weighted by molar-refractivity contribution is 5.85. The fourth-order valence-corrected chi connectivity index (χ4v) is 3.08. The Labute approximate surface area is 161 Å². The van der Waals surface area contributed by atoms with Crippen LogP contribution in [0.4, 0.5) is 4.39 Å². The van der Waals surface area contributed by atoms with Crippen molar-refractivity contribution in [2.45, 2.75) is 6.42 Å². The van der Waals surface area contributed by atoms with Crippen molar-refractivity contribution >= 4 is 23.1 Å². The Kier molecular flexibility index (Phi) is 4.72. The summed E-state index contributed by atoms with van der Waals surface area (Å²) in [6.45, 7) is 0. The minimum Gasteiger partial charge on any atom is -0.478 e. The number of halogens is 1. The lowest BCUT2D eigenvalue weighted by Crippen LogP contribution is -1.91. The number of nitrogens with one attached hydrogen (secondary N) is 1. The summed E-state index contributed by atoms with van der Waals surface area (Å²) in [6, 6.07) is 20.0. The topological polar surface area (TPSA) is 66.0 Å². The van der Waals surface area contributed by atoms with Gasteiger partial charge < -0.3 is 10.1 Å². The first-order chi connectivity index (χ1) is 13.6. The monoisotopic (exact) mass is 372 g/mol. The Hall–Kier alpha value is -3.73. The zero-order valence-corrected chi connectivity index (χ0v) is 14.9. The number of carbonyl (C=O) groups is 1. The van der Waals surface area contributed by atoms with Crippen LogP contribution in [0, 0.1) is 5.82 Å². The van der Waals surface area contributed by atoms with Crippen LogP contribution >= 0.6 is 0 Å². The zero-order valence-electron chi connectivity index (χ0n) is 14.9. The molecule has 0 amide bonds. The maximum atomic E-state index is 13.1. The van der Waals surface area contributed by atoms with Crippen molar-refractivity contribution in [2.24, 2.45) is 0 Å². The Morgan fingerprint density at radius 3 is 2.43 bits per heavy atom. The maximum Gasteiger partial charge on any atom is 0.328 e. The first-order valence-corrected chi connectivity index (χ1v) is 8.81. The molecule has 3 aromatic carbocycles. The summed E-state index contributed by atoms with van der Waals surface area (Å²) in [6.07, 6.45) is 3.32. The molecule has 1 heterocycles. The predicted octanol–water partition coefficient (Wildman–Crippen LogP) is 5.06. The molecule has 0 saturated heterocycles. The number of fused-ring (bicyclic) bond motifs is 1. The van der Waals surface area contributed by atoms with Gasteiger partial charge >= 0.3 is 5.97 Å². The van der Waals surface area contributed by atoms with Crippen LogP contribution in [0.1, 0.15) is 17.0 Å². The number of imidazole rings is 1. The highest BCUT2D eigenvalue weighted by Crippen LogP contribution is 2.24. The number of nitrogens with zero attached hydrogens (tertiary/aromatic N) is 1. The van der Waals surface area contributed by atoms with Gasteiger partial charge in [0.2, 0.25) is 0 Å². The molecule has 0 aliphatic carbocycles. The molecule has 4 aromatic rings. The summed E-state index contributed by atoms with van der Waals surface area (Å²) in [5.74, 6) is -0.371. The Morgan fingerprint density at radius 2 is 1.71 bits per heavy atom. The minimum atomic E-state index is -0.966. The molecule has 0 atom stereocenters. The van der Waals surface area contributed by atoms with Crippen LogP contribution in [-0.2, 0) is 11.2 Å². The number of carboxylic acid groups (broad SMARTS) is 1. The molecule has 28 heavy (non-hydrogen) atoms. The third kappa shape index (κ3) is 3.99. The number of aliphatic carboxylic acids is 1. The number of hydrogen-bond donors (Lipinski definition) is 2. The third-order valence-electron chi connectivity index (χ3n) is 4.48. The van der Waals surface area contributed by atoms with E-state index in [1.54, 1.807) is 18.2 Å². The highest BCUT2D eigenvalue weighted by atomic mass is 19.1. The Bertz CT molecular complexity index is 1160. The normalized spacial score (nSPS) is 11.3. The third-order valence-corrected chi connectivity index (χ3v) is 4.48. The molecule has 0 saturated carbocycles. The van der Waals surface area contributed by atoms with E-state index in [1.807, 2.05) is 42.5 Å². The smallest absolute Gasteiger partial charge is 0.328 e. The van der Waals surface area contributed by atoms with E-state index in [2.05, 4.69) is 9.97 Å². The van der Waals surface area contributed by atoms with Gasteiger partial charge in [-0.05, 0) is 52.6 Å². The van der Waals surface area contributed by atoms with Crippen LogP contribution in [0.3, 0.4) is 0 Å². The van der Waals surface area contributed by atoms with Crippen molar-refractivity contribution in [3.63, 3.8) is 0 Å². The van der Waals surface area contributed by atoms with Crippen LogP contribution in [-0.4, -0.2) is 21.0 Å². The van der Waals surface area contributed by atoms with Crippen molar-refractivity contribution in [1.29, 1.82) is 0 Å². The first kappa shape index (κ1) is 17.7. The number of rotatable bonds is 5. The van der Waals surface area contributed by atoms with Gasteiger partial charge in [0.15, 0.2) is 0 Å². The largest absolute Gasteiger partial charge is 0.478 e. The highest BCUT2D eigenvalue weighted by Gasteiger charge is 2.06. The quantitative estimate of drug-likeness (QED) is 0.481. The van der Waals surface area contributed by atoms with E-state index in [1.165, 1.54) is 12.1 Å². The molecular weight excluding hydrogens is 355 g/mol. The Balaban J connectivity index is 1.54. The maximum absolute atomic E-state index is 13.1. The lowest BCUT2D eigenvalue weighted by molar-refractivity contribution is -0.131. The zero-order chi connectivity index (χ0) is 19.5. The van der Waals surface area contributed by atoms with Gasteiger partial charge in [-0.3, -0.25) is 0 Å². The predicted molar refractivity (Wildman–Crippen MR) is 107 cm³/mol. The Morgan fingerprint density at radius 1 is 1.00 bits per heavy atom. The van der Waals surface area contributed by atoms with Gasteiger partial charge in [0.25, 0.3) is 0 Å². The molecule has 0 unspecified atom stereocenters. The molecule has 0 aliphatic heterocycles. The van der Waals surface area contributed by atoms with E-state index in [9.17, 15) is 9.18 Å². The summed E-state index contributed by atoms with van der Waals surface area (Å²) in [7, 11) is 0. The second-order valence-corrected chi connectivity index (χ2v) is 6.51. The fourth-order valence-electron chi connectivity index (χ4n) is 3.08. The van der Waals surface area contributed by atoms with Gasteiger partial charge in [-0.1, -0.05) is 42.5 Å². The standard InChI is InChI=1S/C23H17FN2O2/c24-19-9-6-17(7-10-19)18-8-11-20-21(14-18)26-22(25-20)13-16-3-1-15(2-4-16)5-12-23(27)28/h1-12,14H,13H2,(H,25,26)(H,27,28)/b12-5+. The molecule has 4 nitrogen and oxygen atoms in total. The average molecular weight is 372 g/mol. The molecule has 4 rings (SSSR count). The molecule has 0 aliphatic rings. The average Bonchev–Trinajstić information content (AvgIpc) is 3.09. The molecule has 138 valence electrons. The molecule has 5 heteroatoms. The summed E-state index contributed by atoms with van der Waals surface area (Å²) in [5, 5.41) is 8.68. The van der Waals surface area contributed by atoms with Crippen LogP contribution in [0.25, 0.3) is 28.2 Å². The lowest BCUT2D eigenvalue weighted by Gasteiger charge is -2.01.